The first-order valence-electron chi connectivity index (χ1n) is 9.21. The standard InChI is InChI=1S/C24H17ClFNO3/c25-22-15-18(26)5-12-24(22)29-16-21-9-8-20(30-21)10-11-23(28)17-3-6-19(7-4-17)27-13-1-2-14-27/h1-15H,16H2/b11-10+. The third kappa shape index (κ3) is 4.70. The van der Waals surface area contributed by atoms with Crippen molar-refractivity contribution in [2.75, 3.05) is 0 Å². The third-order valence-electron chi connectivity index (χ3n) is 4.40. The number of hydrogen-bond acceptors (Lipinski definition) is 3. The van der Waals surface area contributed by atoms with Gasteiger partial charge in [0.15, 0.2) is 5.78 Å². The molecule has 2 heterocycles. The van der Waals surface area contributed by atoms with Crippen LogP contribution in [0.25, 0.3) is 11.8 Å². The van der Waals surface area contributed by atoms with Gasteiger partial charge in [-0.15, -0.1) is 0 Å². The van der Waals surface area contributed by atoms with E-state index in [-0.39, 0.29) is 17.4 Å². The van der Waals surface area contributed by atoms with Crippen molar-refractivity contribution < 1.29 is 18.3 Å². The van der Waals surface area contributed by atoms with Gasteiger partial charge in [0.25, 0.3) is 0 Å². The van der Waals surface area contributed by atoms with Gasteiger partial charge >= 0.3 is 0 Å². The summed E-state index contributed by atoms with van der Waals surface area (Å²) in [6.07, 6.45) is 6.96. The molecule has 0 aliphatic rings. The summed E-state index contributed by atoms with van der Waals surface area (Å²) in [4.78, 5) is 12.4. The van der Waals surface area contributed by atoms with E-state index in [0.717, 1.165) is 5.69 Å². The van der Waals surface area contributed by atoms with Crippen molar-refractivity contribution in [3.05, 3.63) is 113 Å². The Balaban J connectivity index is 1.36. The first-order valence-corrected chi connectivity index (χ1v) is 9.59. The zero-order chi connectivity index (χ0) is 20.9. The molecular formula is C24H17ClFNO3. The fourth-order valence-electron chi connectivity index (χ4n) is 2.86. The number of ketones is 1. The second-order valence-electron chi connectivity index (χ2n) is 6.50. The van der Waals surface area contributed by atoms with E-state index < -0.39 is 5.82 Å². The van der Waals surface area contributed by atoms with Crippen molar-refractivity contribution in [2.24, 2.45) is 0 Å². The monoisotopic (exact) mass is 421 g/mol. The molecule has 0 aliphatic carbocycles. The highest BCUT2D eigenvalue weighted by atomic mass is 35.5. The molecule has 2 aromatic carbocycles. The van der Waals surface area contributed by atoms with Crippen molar-refractivity contribution in [1.82, 2.24) is 4.57 Å². The average molecular weight is 422 g/mol. The van der Waals surface area contributed by atoms with Gasteiger partial charge in [0.05, 0.1) is 5.02 Å². The summed E-state index contributed by atoms with van der Waals surface area (Å²) in [5.41, 5.74) is 1.57. The van der Waals surface area contributed by atoms with Crippen LogP contribution in [0.1, 0.15) is 21.9 Å². The Bertz CT molecular complexity index is 1180. The summed E-state index contributed by atoms with van der Waals surface area (Å²) < 4.78 is 26.2. The molecule has 0 spiro atoms. The summed E-state index contributed by atoms with van der Waals surface area (Å²) >= 11 is 5.94. The van der Waals surface area contributed by atoms with E-state index >= 15 is 0 Å². The number of carbonyl (C=O) groups is 1. The minimum absolute atomic E-state index is 0.124. The molecule has 30 heavy (non-hydrogen) atoms. The number of benzene rings is 2. The molecule has 4 nitrogen and oxygen atoms in total. The number of hydrogen-bond donors (Lipinski definition) is 0. The first-order chi connectivity index (χ1) is 14.6. The smallest absolute Gasteiger partial charge is 0.185 e. The third-order valence-corrected chi connectivity index (χ3v) is 4.70. The fraction of sp³-hybridized carbons (Fsp3) is 0.0417. The second kappa shape index (κ2) is 8.84. The number of nitrogens with zero attached hydrogens (tertiary/aromatic N) is 1. The molecule has 0 saturated carbocycles. The number of ether oxygens (including phenoxy) is 1. The zero-order valence-electron chi connectivity index (χ0n) is 15.8. The van der Waals surface area contributed by atoms with E-state index in [0.29, 0.717) is 22.8 Å². The number of rotatable bonds is 7. The van der Waals surface area contributed by atoms with Crippen molar-refractivity contribution in [3.63, 3.8) is 0 Å². The molecule has 150 valence electrons. The van der Waals surface area contributed by atoms with Crippen LogP contribution in [-0.2, 0) is 6.61 Å². The Morgan fingerprint density at radius 2 is 1.83 bits per heavy atom. The molecule has 0 radical (unpaired) electrons. The molecule has 0 aliphatic heterocycles. The fourth-order valence-corrected chi connectivity index (χ4v) is 3.08. The van der Waals surface area contributed by atoms with Crippen LogP contribution in [0, 0.1) is 5.82 Å². The van der Waals surface area contributed by atoms with Crippen molar-refractivity contribution >= 4 is 23.5 Å². The molecule has 2 aromatic heterocycles. The topological polar surface area (TPSA) is 44.4 Å². The number of aromatic nitrogens is 1. The molecule has 0 saturated heterocycles. The SMILES string of the molecule is O=C(/C=C/c1ccc(COc2ccc(F)cc2Cl)o1)c1ccc(-n2cccc2)cc1. The maximum atomic E-state index is 13.1. The molecule has 0 atom stereocenters. The summed E-state index contributed by atoms with van der Waals surface area (Å²) in [5, 5.41) is 0.190. The van der Waals surface area contributed by atoms with E-state index in [2.05, 4.69) is 0 Å². The summed E-state index contributed by atoms with van der Waals surface area (Å²) in [7, 11) is 0. The van der Waals surface area contributed by atoms with Gasteiger partial charge in [-0.3, -0.25) is 4.79 Å². The normalized spacial score (nSPS) is 11.1. The predicted molar refractivity (Wildman–Crippen MR) is 114 cm³/mol. The Labute approximate surface area is 177 Å². The lowest BCUT2D eigenvalue weighted by atomic mass is 10.1. The van der Waals surface area contributed by atoms with Gasteiger partial charge in [-0.05, 0) is 78.9 Å². The van der Waals surface area contributed by atoms with Gasteiger partial charge in [-0.2, -0.15) is 0 Å². The highest BCUT2D eigenvalue weighted by Crippen LogP contribution is 2.26. The first kappa shape index (κ1) is 19.7. The van der Waals surface area contributed by atoms with Crippen LogP contribution in [0.3, 0.4) is 0 Å². The van der Waals surface area contributed by atoms with Crippen LogP contribution >= 0.6 is 11.6 Å². The highest BCUT2D eigenvalue weighted by Gasteiger charge is 2.07. The Morgan fingerprint density at radius 3 is 2.57 bits per heavy atom. The van der Waals surface area contributed by atoms with Crippen LogP contribution in [0.2, 0.25) is 5.02 Å². The van der Waals surface area contributed by atoms with Crippen molar-refractivity contribution in [1.29, 1.82) is 0 Å². The Hall–Kier alpha value is -3.57. The van der Waals surface area contributed by atoms with E-state index in [1.54, 1.807) is 30.3 Å². The van der Waals surface area contributed by atoms with Gasteiger partial charge < -0.3 is 13.7 Å². The molecule has 4 rings (SSSR count). The predicted octanol–water partition coefficient (Wildman–Crippen LogP) is 6.34. The second-order valence-corrected chi connectivity index (χ2v) is 6.91. The largest absolute Gasteiger partial charge is 0.484 e. The molecule has 4 aromatic rings. The van der Waals surface area contributed by atoms with Gasteiger partial charge in [-0.1, -0.05) is 11.6 Å². The van der Waals surface area contributed by atoms with Gasteiger partial charge in [-0.25, -0.2) is 4.39 Å². The zero-order valence-corrected chi connectivity index (χ0v) is 16.6. The summed E-state index contributed by atoms with van der Waals surface area (Å²) in [6.45, 7) is 0.133. The summed E-state index contributed by atoms with van der Waals surface area (Å²) in [6, 6.07) is 18.6. The summed E-state index contributed by atoms with van der Waals surface area (Å²) in [5.74, 6) is 0.892. The van der Waals surface area contributed by atoms with Crippen molar-refractivity contribution in [2.45, 2.75) is 6.61 Å². The number of carbonyl (C=O) groups excluding carboxylic acids is 1. The average Bonchev–Trinajstić information content (AvgIpc) is 3.44. The van der Waals surface area contributed by atoms with Crippen LogP contribution < -0.4 is 4.74 Å². The molecule has 0 unspecified atom stereocenters. The van der Waals surface area contributed by atoms with Gasteiger partial charge in [0.2, 0.25) is 0 Å². The maximum Gasteiger partial charge on any atom is 0.185 e. The van der Waals surface area contributed by atoms with Crippen LogP contribution in [0.4, 0.5) is 4.39 Å². The number of allylic oxidation sites excluding steroid dienone is 1. The molecule has 0 N–H and O–H groups in total. The van der Waals surface area contributed by atoms with Crippen LogP contribution in [-0.4, -0.2) is 10.4 Å². The van der Waals surface area contributed by atoms with Gasteiger partial charge in [0, 0.05) is 23.6 Å². The molecule has 0 bridgehead atoms. The lowest BCUT2D eigenvalue weighted by molar-refractivity contribution is 0.104. The molecule has 0 amide bonds. The van der Waals surface area contributed by atoms with Crippen molar-refractivity contribution in [3.8, 4) is 11.4 Å². The molecule has 6 heteroatoms. The Kier molecular flexibility index (Phi) is 5.82. The highest BCUT2D eigenvalue weighted by molar-refractivity contribution is 6.32. The maximum absolute atomic E-state index is 13.1. The van der Waals surface area contributed by atoms with Crippen LogP contribution in [0.15, 0.2) is 89.6 Å². The van der Waals surface area contributed by atoms with Gasteiger partial charge in [0.1, 0.15) is 29.7 Å². The number of halogens is 2. The lowest BCUT2D eigenvalue weighted by Gasteiger charge is -2.06. The minimum atomic E-state index is -0.429. The van der Waals surface area contributed by atoms with E-state index in [9.17, 15) is 9.18 Å². The lowest BCUT2D eigenvalue weighted by Crippen LogP contribution is -1.96. The van der Waals surface area contributed by atoms with E-state index in [1.807, 2.05) is 41.2 Å². The van der Waals surface area contributed by atoms with E-state index in [1.165, 1.54) is 24.3 Å². The Morgan fingerprint density at radius 1 is 1.07 bits per heavy atom. The minimum Gasteiger partial charge on any atom is -0.484 e. The quantitative estimate of drug-likeness (QED) is 0.258. The number of furan rings is 1. The van der Waals surface area contributed by atoms with Crippen LogP contribution in [0.5, 0.6) is 5.75 Å². The van der Waals surface area contributed by atoms with E-state index in [4.69, 9.17) is 20.8 Å². The molecular weight excluding hydrogens is 405 g/mol. The molecule has 0 fully saturated rings.